The number of nitrogens with one attached hydrogen (secondary N) is 2. The van der Waals surface area contributed by atoms with Crippen LogP contribution >= 0.6 is 0 Å². The summed E-state index contributed by atoms with van der Waals surface area (Å²) in [5, 5.41) is 6.01. The summed E-state index contributed by atoms with van der Waals surface area (Å²) in [4.78, 5) is 24.8. The Balaban J connectivity index is 1.10. The number of carbonyl (C=O) groups is 2. The molecule has 0 spiro atoms. The second-order valence-corrected chi connectivity index (χ2v) is 9.07. The molecule has 5 nitrogen and oxygen atoms in total. The summed E-state index contributed by atoms with van der Waals surface area (Å²) in [6.07, 6.45) is 8.40. The predicted molar refractivity (Wildman–Crippen MR) is 108 cm³/mol. The first-order valence-electron chi connectivity index (χ1n) is 10.9. The maximum atomic E-state index is 12.8. The van der Waals surface area contributed by atoms with E-state index in [4.69, 9.17) is 4.74 Å². The SMILES string of the molecule is O=C(CCCOc1ccccc1)NCCNC(=O)C12CC3CC(CC(C3)C1)C2. The minimum Gasteiger partial charge on any atom is -0.494 e. The molecular formula is C23H32N2O3. The molecule has 0 aliphatic heterocycles. The zero-order chi connectivity index (χ0) is 19.4. The Kier molecular flexibility index (Phi) is 5.88. The second-order valence-electron chi connectivity index (χ2n) is 9.07. The summed E-state index contributed by atoms with van der Waals surface area (Å²) in [5.74, 6) is 3.40. The van der Waals surface area contributed by atoms with Gasteiger partial charge in [0.05, 0.1) is 6.61 Å². The zero-order valence-electron chi connectivity index (χ0n) is 16.6. The summed E-state index contributed by atoms with van der Waals surface area (Å²) >= 11 is 0. The first-order valence-corrected chi connectivity index (χ1v) is 10.9. The molecule has 2 amide bonds. The van der Waals surface area contributed by atoms with Gasteiger partial charge in [0.15, 0.2) is 0 Å². The summed E-state index contributed by atoms with van der Waals surface area (Å²) in [5.41, 5.74) is -0.104. The lowest BCUT2D eigenvalue weighted by Gasteiger charge is -2.55. The molecular weight excluding hydrogens is 352 g/mol. The van der Waals surface area contributed by atoms with Gasteiger partial charge >= 0.3 is 0 Å². The standard InChI is InChI=1S/C23H32N2O3/c26-21(7-4-10-28-20-5-2-1-3-6-20)24-8-9-25-22(27)23-14-17-11-18(15-23)13-19(12-17)16-23/h1-3,5-6,17-19H,4,7-16H2,(H,24,26)(H,25,27). The maximum absolute atomic E-state index is 12.8. The highest BCUT2D eigenvalue weighted by Crippen LogP contribution is 2.60. The number of rotatable bonds is 9. The van der Waals surface area contributed by atoms with Crippen molar-refractivity contribution in [2.45, 2.75) is 51.4 Å². The van der Waals surface area contributed by atoms with Crippen LogP contribution in [-0.4, -0.2) is 31.5 Å². The van der Waals surface area contributed by atoms with Crippen LogP contribution in [0.5, 0.6) is 5.75 Å². The molecule has 4 saturated carbocycles. The third kappa shape index (κ3) is 4.50. The van der Waals surface area contributed by atoms with Gasteiger partial charge < -0.3 is 15.4 Å². The Morgan fingerprint density at radius 3 is 2.18 bits per heavy atom. The minimum atomic E-state index is -0.104. The number of ether oxygens (including phenoxy) is 1. The normalized spacial score (nSPS) is 30.1. The number of para-hydroxylation sites is 1. The van der Waals surface area contributed by atoms with E-state index < -0.39 is 0 Å². The molecule has 0 unspecified atom stereocenters. The highest BCUT2D eigenvalue weighted by Gasteiger charge is 2.54. The molecule has 0 aromatic heterocycles. The lowest BCUT2D eigenvalue weighted by Crippen LogP contribution is -2.54. The Morgan fingerprint density at radius 2 is 1.54 bits per heavy atom. The largest absolute Gasteiger partial charge is 0.494 e. The van der Waals surface area contributed by atoms with Gasteiger partial charge in [-0.2, -0.15) is 0 Å². The Labute approximate surface area is 167 Å². The zero-order valence-corrected chi connectivity index (χ0v) is 16.6. The number of amides is 2. The summed E-state index contributed by atoms with van der Waals surface area (Å²) in [6.45, 7) is 1.55. The van der Waals surface area contributed by atoms with Crippen molar-refractivity contribution in [3.05, 3.63) is 30.3 Å². The van der Waals surface area contributed by atoms with Gasteiger partial charge in [-0.25, -0.2) is 0 Å². The van der Waals surface area contributed by atoms with Crippen LogP contribution in [0.2, 0.25) is 0 Å². The average molecular weight is 385 g/mol. The van der Waals surface area contributed by atoms with E-state index in [-0.39, 0.29) is 17.2 Å². The van der Waals surface area contributed by atoms with Crippen molar-refractivity contribution >= 4 is 11.8 Å². The van der Waals surface area contributed by atoms with Crippen LogP contribution in [0.1, 0.15) is 51.4 Å². The van der Waals surface area contributed by atoms with Crippen molar-refractivity contribution in [3.8, 4) is 5.75 Å². The fourth-order valence-electron chi connectivity index (χ4n) is 5.98. The Bertz CT molecular complexity index is 653. The van der Waals surface area contributed by atoms with Crippen molar-refractivity contribution < 1.29 is 14.3 Å². The van der Waals surface area contributed by atoms with E-state index >= 15 is 0 Å². The molecule has 152 valence electrons. The summed E-state index contributed by atoms with van der Waals surface area (Å²) < 4.78 is 5.59. The van der Waals surface area contributed by atoms with Crippen LogP contribution in [0, 0.1) is 23.2 Å². The predicted octanol–water partition coefficient (Wildman–Crippen LogP) is 3.29. The van der Waals surface area contributed by atoms with Crippen molar-refractivity contribution in [1.29, 1.82) is 0 Å². The van der Waals surface area contributed by atoms with Crippen molar-refractivity contribution in [2.24, 2.45) is 23.2 Å². The molecule has 1 aromatic rings. The molecule has 2 N–H and O–H groups in total. The van der Waals surface area contributed by atoms with E-state index in [0.29, 0.717) is 32.5 Å². The van der Waals surface area contributed by atoms with Gasteiger partial charge in [-0.3, -0.25) is 9.59 Å². The summed E-state index contributed by atoms with van der Waals surface area (Å²) in [6, 6.07) is 9.63. The topological polar surface area (TPSA) is 67.4 Å². The quantitative estimate of drug-likeness (QED) is 0.642. The van der Waals surface area contributed by atoms with Gasteiger partial charge in [0.1, 0.15) is 5.75 Å². The molecule has 5 rings (SSSR count). The fourth-order valence-corrected chi connectivity index (χ4v) is 5.98. The van der Waals surface area contributed by atoms with Gasteiger partial charge in [-0.05, 0) is 74.8 Å². The van der Waals surface area contributed by atoms with E-state index in [1.165, 1.54) is 19.3 Å². The first kappa shape index (κ1) is 19.3. The molecule has 4 bridgehead atoms. The van der Waals surface area contributed by atoms with E-state index in [2.05, 4.69) is 10.6 Å². The Hall–Kier alpha value is -2.04. The van der Waals surface area contributed by atoms with Crippen molar-refractivity contribution in [3.63, 3.8) is 0 Å². The smallest absolute Gasteiger partial charge is 0.226 e. The van der Waals surface area contributed by atoms with Crippen molar-refractivity contribution in [1.82, 2.24) is 10.6 Å². The van der Waals surface area contributed by atoms with E-state index in [9.17, 15) is 9.59 Å². The third-order valence-corrected chi connectivity index (χ3v) is 6.81. The fraction of sp³-hybridized carbons (Fsp3) is 0.652. The van der Waals surface area contributed by atoms with Gasteiger partial charge in [0.2, 0.25) is 11.8 Å². The molecule has 4 aliphatic rings. The minimum absolute atomic E-state index is 0.0146. The van der Waals surface area contributed by atoms with Crippen molar-refractivity contribution in [2.75, 3.05) is 19.7 Å². The maximum Gasteiger partial charge on any atom is 0.226 e. The van der Waals surface area contributed by atoms with Crippen LogP contribution in [0.25, 0.3) is 0 Å². The average Bonchev–Trinajstić information content (AvgIpc) is 2.68. The van der Waals surface area contributed by atoms with Crippen LogP contribution in [0.3, 0.4) is 0 Å². The van der Waals surface area contributed by atoms with Crippen LogP contribution in [0.15, 0.2) is 30.3 Å². The van der Waals surface area contributed by atoms with E-state index in [1.54, 1.807) is 0 Å². The Morgan fingerprint density at radius 1 is 0.929 bits per heavy atom. The molecule has 4 aliphatic carbocycles. The first-order chi connectivity index (χ1) is 13.6. The lowest BCUT2D eigenvalue weighted by molar-refractivity contribution is -0.146. The molecule has 28 heavy (non-hydrogen) atoms. The second kappa shape index (κ2) is 8.54. The number of hydrogen-bond donors (Lipinski definition) is 2. The molecule has 0 radical (unpaired) electrons. The molecule has 0 saturated heterocycles. The highest BCUT2D eigenvalue weighted by molar-refractivity contribution is 5.83. The third-order valence-electron chi connectivity index (χ3n) is 6.81. The summed E-state index contributed by atoms with van der Waals surface area (Å²) in [7, 11) is 0. The molecule has 4 fully saturated rings. The van der Waals surface area contributed by atoms with Crippen LogP contribution in [0.4, 0.5) is 0 Å². The van der Waals surface area contributed by atoms with Gasteiger partial charge in [0, 0.05) is 24.9 Å². The van der Waals surface area contributed by atoms with Crippen LogP contribution < -0.4 is 15.4 Å². The number of hydrogen-bond acceptors (Lipinski definition) is 3. The van der Waals surface area contributed by atoms with Gasteiger partial charge in [-0.1, -0.05) is 18.2 Å². The molecule has 1 aromatic carbocycles. The van der Waals surface area contributed by atoms with Gasteiger partial charge in [0.25, 0.3) is 0 Å². The highest BCUT2D eigenvalue weighted by atomic mass is 16.5. The number of carbonyl (C=O) groups excluding carboxylic acids is 2. The van der Waals surface area contributed by atoms with Gasteiger partial charge in [-0.15, -0.1) is 0 Å². The number of benzene rings is 1. The monoisotopic (exact) mass is 384 g/mol. The molecule has 0 atom stereocenters. The molecule has 5 heteroatoms. The van der Waals surface area contributed by atoms with E-state index in [1.807, 2.05) is 30.3 Å². The van der Waals surface area contributed by atoms with Crippen LogP contribution in [-0.2, 0) is 9.59 Å². The molecule has 0 heterocycles. The van der Waals surface area contributed by atoms with E-state index in [0.717, 1.165) is 42.8 Å². The lowest BCUT2D eigenvalue weighted by atomic mass is 9.49.